The molecule has 0 amide bonds. The van der Waals surface area contributed by atoms with Crippen molar-refractivity contribution in [3.8, 4) is 11.3 Å². The predicted molar refractivity (Wildman–Crippen MR) is 96.6 cm³/mol. The number of halogens is 3. The van der Waals surface area contributed by atoms with E-state index in [9.17, 15) is 13.2 Å². The topological polar surface area (TPSA) is 75.9 Å². The van der Waals surface area contributed by atoms with Crippen molar-refractivity contribution < 1.29 is 13.2 Å². The third kappa shape index (κ3) is 3.50. The standard InChI is InChI=1S/C18H20F3N5/c1-10-9-12(3-4-13(10)11-5-7-24-8-6-11)15-14(18(19,20)21)16(23-2)26-17(22)25-15/h3-5,9,24H,6-8H2,1-2H3,(H3,22,23,25,26). The van der Waals surface area contributed by atoms with Gasteiger partial charge in [0.2, 0.25) is 5.95 Å². The second-order valence-corrected chi connectivity index (χ2v) is 6.11. The molecule has 0 atom stereocenters. The van der Waals surface area contributed by atoms with Crippen LogP contribution in [0.1, 0.15) is 23.1 Å². The second kappa shape index (κ2) is 6.95. The van der Waals surface area contributed by atoms with Gasteiger partial charge >= 0.3 is 6.18 Å². The fourth-order valence-electron chi connectivity index (χ4n) is 3.17. The summed E-state index contributed by atoms with van der Waals surface area (Å²) in [6.07, 6.45) is -1.61. The lowest BCUT2D eigenvalue weighted by molar-refractivity contribution is -0.136. The van der Waals surface area contributed by atoms with E-state index in [1.165, 1.54) is 12.6 Å². The van der Waals surface area contributed by atoms with Gasteiger partial charge in [0, 0.05) is 19.2 Å². The zero-order valence-corrected chi connectivity index (χ0v) is 14.5. The molecule has 0 radical (unpaired) electrons. The van der Waals surface area contributed by atoms with E-state index in [2.05, 4.69) is 26.7 Å². The average Bonchev–Trinajstić information content (AvgIpc) is 2.60. The molecule has 0 aliphatic carbocycles. The second-order valence-electron chi connectivity index (χ2n) is 6.11. The van der Waals surface area contributed by atoms with Gasteiger partial charge in [-0.15, -0.1) is 0 Å². The maximum absolute atomic E-state index is 13.6. The van der Waals surface area contributed by atoms with E-state index >= 15 is 0 Å². The van der Waals surface area contributed by atoms with Gasteiger partial charge in [-0.2, -0.15) is 18.2 Å². The Labute approximate surface area is 149 Å². The van der Waals surface area contributed by atoms with Crippen LogP contribution >= 0.6 is 0 Å². The van der Waals surface area contributed by atoms with E-state index in [1.54, 1.807) is 12.1 Å². The van der Waals surface area contributed by atoms with Crippen molar-refractivity contribution in [2.45, 2.75) is 19.5 Å². The van der Waals surface area contributed by atoms with Crippen molar-refractivity contribution in [1.29, 1.82) is 0 Å². The van der Waals surface area contributed by atoms with Crippen LogP contribution in [0.5, 0.6) is 0 Å². The highest BCUT2D eigenvalue weighted by atomic mass is 19.4. The molecule has 2 heterocycles. The van der Waals surface area contributed by atoms with Crippen molar-refractivity contribution in [3.05, 3.63) is 41.0 Å². The fourth-order valence-corrected chi connectivity index (χ4v) is 3.17. The Morgan fingerprint density at radius 1 is 1.23 bits per heavy atom. The molecule has 138 valence electrons. The van der Waals surface area contributed by atoms with Gasteiger partial charge in [0.05, 0.1) is 5.69 Å². The first-order valence-electron chi connectivity index (χ1n) is 8.25. The number of aromatic nitrogens is 2. The first kappa shape index (κ1) is 18.2. The Morgan fingerprint density at radius 3 is 2.58 bits per heavy atom. The molecule has 0 saturated heterocycles. The molecule has 1 aliphatic rings. The molecule has 5 nitrogen and oxygen atoms in total. The van der Waals surface area contributed by atoms with Crippen LogP contribution in [0.4, 0.5) is 24.9 Å². The van der Waals surface area contributed by atoms with Gasteiger partial charge in [-0.05, 0) is 42.7 Å². The minimum Gasteiger partial charge on any atom is -0.372 e. The summed E-state index contributed by atoms with van der Waals surface area (Å²) in [4.78, 5) is 7.56. The number of nitrogens with one attached hydrogen (secondary N) is 2. The molecule has 4 N–H and O–H groups in total. The number of hydrogen-bond donors (Lipinski definition) is 3. The van der Waals surface area contributed by atoms with Gasteiger partial charge < -0.3 is 16.4 Å². The van der Waals surface area contributed by atoms with Crippen LogP contribution in [0.25, 0.3) is 16.8 Å². The Kier molecular flexibility index (Phi) is 4.86. The van der Waals surface area contributed by atoms with Gasteiger partial charge in [-0.3, -0.25) is 0 Å². The van der Waals surface area contributed by atoms with Crippen LogP contribution in [0, 0.1) is 6.92 Å². The number of hydrogen-bond acceptors (Lipinski definition) is 5. The maximum Gasteiger partial charge on any atom is 0.422 e. The summed E-state index contributed by atoms with van der Waals surface area (Å²) in [5, 5.41) is 5.71. The molecule has 2 aromatic rings. The van der Waals surface area contributed by atoms with Crippen LogP contribution in [0.2, 0.25) is 0 Å². The molecule has 1 aromatic carbocycles. The summed E-state index contributed by atoms with van der Waals surface area (Å²) in [7, 11) is 1.37. The lowest BCUT2D eigenvalue weighted by Crippen LogP contribution is -2.20. The molecular formula is C18H20F3N5. The Morgan fingerprint density at radius 2 is 2.00 bits per heavy atom. The fraction of sp³-hybridized carbons (Fsp3) is 0.333. The highest BCUT2D eigenvalue weighted by molar-refractivity contribution is 5.76. The SMILES string of the molecule is CNc1nc(N)nc(-c2ccc(C3=CCNCC3)c(C)c2)c1C(F)(F)F. The normalized spacial score (nSPS) is 14.9. The van der Waals surface area contributed by atoms with Crippen molar-refractivity contribution >= 4 is 17.3 Å². The Balaban J connectivity index is 2.14. The van der Waals surface area contributed by atoms with Gasteiger partial charge in [0.25, 0.3) is 0 Å². The van der Waals surface area contributed by atoms with Gasteiger partial charge in [0.15, 0.2) is 0 Å². The number of aryl methyl sites for hydroxylation is 1. The van der Waals surface area contributed by atoms with E-state index in [1.807, 2.05) is 13.0 Å². The molecule has 0 bridgehead atoms. The van der Waals surface area contributed by atoms with Crippen molar-refractivity contribution in [2.75, 3.05) is 31.2 Å². The van der Waals surface area contributed by atoms with Crippen LogP contribution in [-0.2, 0) is 6.18 Å². The van der Waals surface area contributed by atoms with E-state index in [0.29, 0.717) is 5.56 Å². The molecule has 1 aromatic heterocycles. The summed E-state index contributed by atoms with van der Waals surface area (Å²) in [5.41, 5.74) is 7.98. The molecule has 1 aliphatic heterocycles. The molecule has 0 saturated carbocycles. The van der Waals surface area contributed by atoms with Gasteiger partial charge in [0.1, 0.15) is 11.4 Å². The van der Waals surface area contributed by atoms with Gasteiger partial charge in [-0.25, -0.2) is 4.98 Å². The highest BCUT2D eigenvalue weighted by Gasteiger charge is 2.39. The zero-order chi connectivity index (χ0) is 18.9. The zero-order valence-electron chi connectivity index (χ0n) is 14.5. The summed E-state index contributed by atoms with van der Waals surface area (Å²) in [6, 6.07) is 5.22. The van der Waals surface area contributed by atoms with Crippen molar-refractivity contribution in [2.24, 2.45) is 0 Å². The minimum absolute atomic E-state index is 0.208. The molecule has 0 unspecified atom stereocenters. The minimum atomic E-state index is -4.61. The number of nitrogen functional groups attached to an aromatic ring is 1. The third-order valence-corrected chi connectivity index (χ3v) is 4.36. The first-order valence-corrected chi connectivity index (χ1v) is 8.25. The molecule has 26 heavy (non-hydrogen) atoms. The van der Waals surface area contributed by atoms with Crippen molar-refractivity contribution in [3.63, 3.8) is 0 Å². The van der Waals surface area contributed by atoms with E-state index in [4.69, 9.17) is 5.73 Å². The lowest BCUT2D eigenvalue weighted by atomic mass is 9.93. The van der Waals surface area contributed by atoms with Crippen LogP contribution in [0.3, 0.4) is 0 Å². The largest absolute Gasteiger partial charge is 0.422 e. The van der Waals surface area contributed by atoms with E-state index in [-0.39, 0.29) is 17.5 Å². The van der Waals surface area contributed by atoms with Crippen LogP contribution < -0.4 is 16.4 Å². The third-order valence-electron chi connectivity index (χ3n) is 4.36. The number of nitrogens with two attached hydrogens (primary N) is 1. The Bertz CT molecular complexity index is 859. The highest BCUT2D eigenvalue weighted by Crippen LogP contribution is 2.41. The number of alkyl halides is 3. The smallest absolute Gasteiger partial charge is 0.372 e. The number of rotatable bonds is 3. The molecule has 0 fully saturated rings. The predicted octanol–water partition coefficient (Wildman–Crippen LogP) is 3.47. The van der Waals surface area contributed by atoms with Crippen LogP contribution in [-0.4, -0.2) is 30.1 Å². The quantitative estimate of drug-likeness (QED) is 0.779. The summed E-state index contributed by atoms with van der Waals surface area (Å²) in [5.74, 6) is -0.539. The number of anilines is 2. The summed E-state index contributed by atoms with van der Waals surface area (Å²) >= 11 is 0. The number of benzene rings is 1. The number of nitrogens with zero attached hydrogens (tertiary/aromatic N) is 2. The van der Waals surface area contributed by atoms with E-state index in [0.717, 1.165) is 30.6 Å². The summed E-state index contributed by atoms with van der Waals surface area (Å²) < 4.78 is 40.8. The van der Waals surface area contributed by atoms with E-state index < -0.39 is 11.7 Å². The first-order chi connectivity index (χ1) is 12.3. The average molecular weight is 363 g/mol. The Hall–Kier alpha value is -2.61. The van der Waals surface area contributed by atoms with Crippen molar-refractivity contribution in [1.82, 2.24) is 15.3 Å². The molecule has 8 heteroatoms. The summed E-state index contributed by atoms with van der Waals surface area (Å²) in [6.45, 7) is 3.57. The lowest BCUT2D eigenvalue weighted by Gasteiger charge is -2.19. The molecule has 0 spiro atoms. The monoisotopic (exact) mass is 363 g/mol. The van der Waals surface area contributed by atoms with Gasteiger partial charge in [-0.1, -0.05) is 18.2 Å². The molecular weight excluding hydrogens is 343 g/mol. The van der Waals surface area contributed by atoms with Crippen LogP contribution in [0.15, 0.2) is 24.3 Å². The molecule has 3 rings (SSSR count). The maximum atomic E-state index is 13.6.